The van der Waals surface area contributed by atoms with E-state index in [1.54, 1.807) is 0 Å². The highest BCUT2D eigenvalue weighted by atomic mass is 16.6. The molecule has 3 aromatic carbocycles. The first kappa shape index (κ1) is 24.2. The van der Waals surface area contributed by atoms with Crippen LogP contribution in [0.4, 0.5) is 0 Å². The van der Waals surface area contributed by atoms with Crippen LogP contribution < -0.4 is 0 Å². The molecule has 1 saturated heterocycles. The summed E-state index contributed by atoms with van der Waals surface area (Å²) in [5.41, 5.74) is 3.35. The second-order valence-electron chi connectivity index (χ2n) is 8.58. The molecule has 0 aromatic heterocycles. The number of hydrogen-bond acceptors (Lipinski definition) is 4. The monoisotopic (exact) mass is 458 g/mol. The fourth-order valence-corrected chi connectivity index (χ4v) is 4.20. The van der Waals surface area contributed by atoms with Gasteiger partial charge in [-0.2, -0.15) is 0 Å². The number of rotatable bonds is 10. The molecular formula is C30H34O4. The molecule has 1 heterocycles. The van der Waals surface area contributed by atoms with Gasteiger partial charge >= 0.3 is 0 Å². The molecule has 0 spiro atoms. The molecule has 178 valence electrons. The van der Waals surface area contributed by atoms with Crippen molar-refractivity contribution in [1.29, 1.82) is 0 Å². The van der Waals surface area contributed by atoms with Crippen LogP contribution in [-0.2, 0) is 38.8 Å². The molecule has 0 aliphatic carbocycles. The summed E-state index contributed by atoms with van der Waals surface area (Å²) >= 11 is 0. The second kappa shape index (κ2) is 12.5. The van der Waals surface area contributed by atoms with E-state index in [1.807, 2.05) is 61.5 Å². The van der Waals surface area contributed by atoms with Crippen LogP contribution in [0.3, 0.4) is 0 Å². The number of hydrogen-bond donors (Lipinski definition) is 0. The number of benzene rings is 3. The third-order valence-corrected chi connectivity index (χ3v) is 5.94. The lowest BCUT2D eigenvalue weighted by molar-refractivity contribution is -0.210. The first-order valence-corrected chi connectivity index (χ1v) is 12.1. The zero-order valence-corrected chi connectivity index (χ0v) is 20.0. The van der Waals surface area contributed by atoms with Gasteiger partial charge in [0.15, 0.2) is 0 Å². The fraction of sp³-hybridized carbons (Fsp3) is 0.333. The van der Waals surface area contributed by atoms with Gasteiger partial charge in [0.25, 0.3) is 0 Å². The molecule has 4 rings (SSSR count). The quantitative estimate of drug-likeness (QED) is 0.350. The van der Waals surface area contributed by atoms with E-state index < -0.39 is 0 Å². The number of ether oxygens (including phenoxy) is 4. The van der Waals surface area contributed by atoms with Gasteiger partial charge in [0.05, 0.1) is 19.8 Å². The molecule has 4 heteroatoms. The summed E-state index contributed by atoms with van der Waals surface area (Å²) in [6, 6.07) is 30.6. The van der Waals surface area contributed by atoms with Crippen LogP contribution in [0, 0.1) is 0 Å². The zero-order chi connectivity index (χ0) is 23.6. The Morgan fingerprint density at radius 1 is 0.647 bits per heavy atom. The van der Waals surface area contributed by atoms with Gasteiger partial charge in [-0.1, -0.05) is 97.9 Å². The Labute approximate surface area is 203 Å². The Kier molecular flexibility index (Phi) is 8.91. The van der Waals surface area contributed by atoms with Crippen molar-refractivity contribution < 1.29 is 18.9 Å². The molecule has 1 aliphatic rings. The van der Waals surface area contributed by atoms with E-state index in [0.717, 1.165) is 28.9 Å². The molecule has 0 saturated carbocycles. The van der Waals surface area contributed by atoms with Gasteiger partial charge in [0.1, 0.15) is 30.2 Å². The van der Waals surface area contributed by atoms with Crippen molar-refractivity contribution >= 4 is 0 Å². The summed E-state index contributed by atoms with van der Waals surface area (Å²) in [6.45, 7) is 5.59. The van der Waals surface area contributed by atoms with E-state index in [1.165, 1.54) is 0 Å². The summed E-state index contributed by atoms with van der Waals surface area (Å²) in [5.74, 6) is 0.823. The summed E-state index contributed by atoms with van der Waals surface area (Å²) in [7, 11) is 0. The van der Waals surface area contributed by atoms with Crippen LogP contribution >= 0.6 is 0 Å². The van der Waals surface area contributed by atoms with Crippen molar-refractivity contribution in [2.75, 3.05) is 0 Å². The van der Waals surface area contributed by atoms with Crippen LogP contribution in [-0.4, -0.2) is 24.4 Å². The molecule has 3 aromatic rings. The first-order chi connectivity index (χ1) is 16.7. The standard InChI is InChI=1S/C30H34O4/c1-3-13-27-29(32-21-25-16-9-5-10-17-25)30(33-22-26-18-11-6-12-19-26)28(23(2)34-27)31-20-24-14-7-4-8-15-24/h4-19,23,28-30H,3,20-22H2,1-2H3/b27-13-/t23-,28-,29-,30+/m0/s1. The Morgan fingerprint density at radius 3 is 1.56 bits per heavy atom. The van der Waals surface area contributed by atoms with E-state index in [4.69, 9.17) is 18.9 Å². The summed E-state index contributed by atoms with van der Waals surface area (Å²) in [6.07, 6.45) is 1.83. The van der Waals surface area contributed by atoms with Crippen molar-refractivity contribution in [3.8, 4) is 0 Å². The maximum absolute atomic E-state index is 6.55. The lowest BCUT2D eigenvalue weighted by Gasteiger charge is -2.42. The van der Waals surface area contributed by atoms with Crippen molar-refractivity contribution in [1.82, 2.24) is 0 Å². The molecule has 4 atom stereocenters. The molecule has 0 radical (unpaired) electrons. The molecule has 0 amide bonds. The average molecular weight is 459 g/mol. The van der Waals surface area contributed by atoms with E-state index in [9.17, 15) is 0 Å². The Balaban J connectivity index is 1.57. The summed E-state index contributed by atoms with van der Waals surface area (Å²) in [5, 5.41) is 0. The van der Waals surface area contributed by atoms with Crippen molar-refractivity contribution in [2.24, 2.45) is 0 Å². The topological polar surface area (TPSA) is 36.9 Å². The highest BCUT2D eigenvalue weighted by Crippen LogP contribution is 2.32. The fourth-order valence-electron chi connectivity index (χ4n) is 4.20. The van der Waals surface area contributed by atoms with Gasteiger partial charge in [0.2, 0.25) is 0 Å². The summed E-state index contributed by atoms with van der Waals surface area (Å²) in [4.78, 5) is 0. The van der Waals surface area contributed by atoms with Gasteiger partial charge in [-0.15, -0.1) is 0 Å². The second-order valence-corrected chi connectivity index (χ2v) is 8.58. The third kappa shape index (κ3) is 6.57. The maximum Gasteiger partial charge on any atom is 0.143 e. The summed E-state index contributed by atoms with van der Waals surface area (Å²) < 4.78 is 25.8. The molecule has 0 unspecified atom stereocenters. The Hall–Kier alpha value is -2.92. The molecule has 1 aliphatic heterocycles. The molecule has 0 bridgehead atoms. The SMILES string of the molecule is CC/C=C1\O[C@@H](C)[C@H](OCc2ccccc2)[C@@H](OCc2ccccc2)[C@H]1OCc1ccccc1. The number of allylic oxidation sites excluding steroid dienone is 1. The van der Waals surface area contributed by atoms with E-state index in [0.29, 0.717) is 19.8 Å². The largest absolute Gasteiger partial charge is 0.490 e. The highest BCUT2D eigenvalue weighted by Gasteiger charge is 2.44. The van der Waals surface area contributed by atoms with E-state index in [-0.39, 0.29) is 24.4 Å². The maximum atomic E-state index is 6.55. The lowest BCUT2D eigenvalue weighted by Crippen LogP contribution is -2.54. The Bertz CT molecular complexity index is 1000. The van der Waals surface area contributed by atoms with E-state index >= 15 is 0 Å². The van der Waals surface area contributed by atoms with Crippen LogP contribution in [0.2, 0.25) is 0 Å². The minimum atomic E-state index is -0.360. The molecule has 4 nitrogen and oxygen atoms in total. The van der Waals surface area contributed by atoms with Gasteiger partial charge in [-0.25, -0.2) is 0 Å². The normalized spacial score (nSPS) is 23.5. The first-order valence-electron chi connectivity index (χ1n) is 12.1. The molecular weight excluding hydrogens is 424 g/mol. The minimum Gasteiger partial charge on any atom is -0.490 e. The van der Waals surface area contributed by atoms with Gasteiger partial charge in [0, 0.05) is 0 Å². The Morgan fingerprint density at radius 2 is 1.09 bits per heavy atom. The van der Waals surface area contributed by atoms with Crippen LogP contribution in [0.25, 0.3) is 0 Å². The lowest BCUT2D eigenvalue weighted by atomic mass is 9.97. The zero-order valence-electron chi connectivity index (χ0n) is 20.0. The average Bonchev–Trinajstić information content (AvgIpc) is 2.88. The molecule has 34 heavy (non-hydrogen) atoms. The van der Waals surface area contributed by atoms with Crippen LogP contribution in [0.5, 0.6) is 0 Å². The van der Waals surface area contributed by atoms with Crippen LogP contribution in [0.1, 0.15) is 37.0 Å². The van der Waals surface area contributed by atoms with Gasteiger partial charge < -0.3 is 18.9 Å². The van der Waals surface area contributed by atoms with Crippen molar-refractivity contribution in [3.63, 3.8) is 0 Å². The third-order valence-electron chi connectivity index (χ3n) is 5.94. The predicted octanol–water partition coefficient (Wildman–Crippen LogP) is 6.46. The minimum absolute atomic E-state index is 0.168. The smallest absolute Gasteiger partial charge is 0.143 e. The molecule has 1 fully saturated rings. The van der Waals surface area contributed by atoms with Crippen molar-refractivity contribution in [2.45, 2.75) is 64.5 Å². The highest BCUT2D eigenvalue weighted by molar-refractivity contribution is 5.17. The van der Waals surface area contributed by atoms with Gasteiger partial charge in [-0.3, -0.25) is 0 Å². The molecule has 0 N–H and O–H groups in total. The van der Waals surface area contributed by atoms with Crippen LogP contribution in [0.15, 0.2) is 103 Å². The van der Waals surface area contributed by atoms with E-state index in [2.05, 4.69) is 49.4 Å². The van der Waals surface area contributed by atoms with Crippen molar-refractivity contribution in [3.05, 3.63) is 120 Å². The predicted molar refractivity (Wildman–Crippen MR) is 134 cm³/mol. The van der Waals surface area contributed by atoms with Gasteiger partial charge in [-0.05, 0) is 36.1 Å².